The first-order valence-corrected chi connectivity index (χ1v) is 8.22. The molecular weight excluding hydrogens is 342 g/mol. The summed E-state index contributed by atoms with van der Waals surface area (Å²) in [6.07, 6.45) is 3.65. The van der Waals surface area contributed by atoms with E-state index in [1.54, 1.807) is 23.1 Å². The van der Waals surface area contributed by atoms with Crippen LogP contribution in [0.4, 0.5) is 11.6 Å². The van der Waals surface area contributed by atoms with Gasteiger partial charge in [0, 0.05) is 24.2 Å². The predicted octanol–water partition coefficient (Wildman–Crippen LogP) is 2.53. The smallest absolute Gasteiger partial charge is 0.248 e. The van der Waals surface area contributed by atoms with Crippen LogP contribution in [0.15, 0.2) is 30.6 Å². The third-order valence-electron chi connectivity index (χ3n) is 4.23. The number of nitrogens with two attached hydrogens (primary N) is 1. The number of fused-ring (bicyclic) bond motifs is 1. The number of rotatable bonds is 3. The van der Waals surface area contributed by atoms with Crippen LogP contribution in [0.5, 0.6) is 0 Å². The zero-order valence-electron chi connectivity index (χ0n) is 13.9. The molecule has 2 atom stereocenters. The molecule has 0 radical (unpaired) electrons. The maximum Gasteiger partial charge on any atom is 0.248 e. The van der Waals surface area contributed by atoms with Gasteiger partial charge >= 0.3 is 0 Å². The van der Waals surface area contributed by atoms with Crippen molar-refractivity contribution in [2.24, 2.45) is 5.73 Å². The highest BCUT2D eigenvalue weighted by Gasteiger charge is 2.33. The average molecular weight is 360 g/mol. The van der Waals surface area contributed by atoms with Crippen LogP contribution in [0.3, 0.4) is 0 Å². The molecule has 0 fully saturated rings. The molecule has 2 aromatic rings. The van der Waals surface area contributed by atoms with Crippen LogP contribution in [0.1, 0.15) is 42.2 Å². The predicted molar refractivity (Wildman–Crippen MR) is 95.6 cm³/mol. The number of nitrogens with zero attached hydrogens (tertiary/aromatic N) is 3. The lowest BCUT2D eigenvalue weighted by atomic mass is 9.90. The summed E-state index contributed by atoms with van der Waals surface area (Å²) in [6, 6.07) is 4.91. The summed E-state index contributed by atoms with van der Waals surface area (Å²) in [5.74, 6) is -0.146. The lowest BCUT2D eigenvalue weighted by Gasteiger charge is -2.39. The summed E-state index contributed by atoms with van der Waals surface area (Å²) in [7, 11) is 0. The lowest BCUT2D eigenvalue weighted by Crippen LogP contribution is -2.43. The van der Waals surface area contributed by atoms with E-state index < -0.39 is 5.91 Å². The molecule has 0 saturated heterocycles. The molecule has 0 bridgehead atoms. The number of carbonyl (C=O) groups excluding carboxylic acids is 2. The number of hydrogen-bond donors (Lipinski definition) is 2. The van der Waals surface area contributed by atoms with Crippen molar-refractivity contribution in [2.45, 2.75) is 32.4 Å². The average Bonchev–Trinajstić information content (AvgIpc) is 2.56. The van der Waals surface area contributed by atoms with Gasteiger partial charge < -0.3 is 16.0 Å². The fourth-order valence-corrected chi connectivity index (χ4v) is 3.27. The Morgan fingerprint density at radius 3 is 2.60 bits per heavy atom. The Kier molecular flexibility index (Phi) is 4.59. The van der Waals surface area contributed by atoms with Crippen LogP contribution in [0.25, 0.3) is 0 Å². The first-order valence-electron chi connectivity index (χ1n) is 7.84. The largest absolute Gasteiger partial charge is 0.366 e. The second-order valence-electron chi connectivity index (χ2n) is 6.03. The molecule has 130 valence electrons. The molecule has 0 aliphatic carbocycles. The molecule has 0 unspecified atom stereocenters. The van der Waals surface area contributed by atoms with E-state index in [2.05, 4.69) is 15.3 Å². The summed E-state index contributed by atoms with van der Waals surface area (Å²) < 4.78 is 0. The molecule has 1 aromatic carbocycles. The second-order valence-corrected chi connectivity index (χ2v) is 6.47. The van der Waals surface area contributed by atoms with Gasteiger partial charge in [0.05, 0.1) is 23.5 Å². The van der Waals surface area contributed by atoms with E-state index in [9.17, 15) is 9.59 Å². The molecule has 2 amide bonds. The Balaban J connectivity index is 2.03. The molecule has 1 aliphatic heterocycles. The molecule has 3 rings (SSSR count). The van der Waals surface area contributed by atoms with Gasteiger partial charge in [-0.3, -0.25) is 9.59 Å². The molecule has 1 aliphatic rings. The number of aromatic nitrogens is 2. The topological polar surface area (TPSA) is 101 Å². The van der Waals surface area contributed by atoms with Crippen molar-refractivity contribution in [1.29, 1.82) is 0 Å². The maximum atomic E-state index is 12.1. The summed E-state index contributed by atoms with van der Waals surface area (Å²) in [5, 5.41) is 3.70. The quantitative estimate of drug-likeness (QED) is 0.876. The Bertz CT molecular complexity index is 824. The standard InChI is InChI=1S/C17H18ClN5O2/c1-9-5-14(22-17-20-7-12(18)8-21-17)13-6-11(16(19)25)3-4-15(13)23(9)10(2)24/h3-4,6-9,14H,5H2,1-2H3,(H2,19,25)(H,20,21,22)/t9-,14+/m0/s1. The number of nitrogens with one attached hydrogen (secondary N) is 1. The van der Waals surface area contributed by atoms with Gasteiger partial charge in [-0.1, -0.05) is 11.6 Å². The van der Waals surface area contributed by atoms with E-state index in [4.69, 9.17) is 17.3 Å². The Morgan fingerprint density at radius 2 is 2.00 bits per heavy atom. The molecule has 8 heteroatoms. The number of hydrogen-bond acceptors (Lipinski definition) is 5. The zero-order chi connectivity index (χ0) is 18.1. The number of carbonyl (C=O) groups is 2. The van der Waals surface area contributed by atoms with E-state index in [0.717, 1.165) is 11.3 Å². The van der Waals surface area contributed by atoms with Gasteiger partial charge in [-0.25, -0.2) is 9.97 Å². The first kappa shape index (κ1) is 17.2. The first-order chi connectivity index (χ1) is 11.9. The summed E-state index contributed by atoms with van der Waals surface area (Å²) in [5.41, 5.74) is 7.35. The monoisotopic (exact) mass is 359 g/mol. The van der Waals surface area contributed by atoms with Gasteiger partial charge in [0.25, 0.3) is 0 Å². The van der Waals surface area contributed by atoms with Crippen molar-refractivity contribution in [3.05, 3.63) is 46.7 Å². The van der Waals surface area contributed by atoms with Crippen LogP contribution in [0.2, 0.25) is 5.02 Å². The number of amides is 2. The minimum absolute atomic E-state index is 0.0192. The highest BCUT2D eigenvalue weighted by molar-refractivity contribution is 6.30. The minimum atomic E-state index is -0.516. The van der Waals surface area contributed by atoms with Gasteiger partial charge in [0.1, 0.15) is 0 Å². The zero-order valence-corrected chi connectivity index (χ0v) is 14.6. The van der Waals surface area contributed by atoms with Crippen molar-refractivity contribution in [1.82, 2.24) is 9.97 Å². The summed E-state index contributed by atoms with van der Waals surface area (Å²) in [6.45, 7) is 3.50. The molecule has 25 heavy (non-hydrogen) atoms. The third kappa shape index (κ3) is 3.41. The molecule has 2 heterocycles. The number of primary amides is 1. The molecule has 7 nitrogen and oxygen atoms in total. The lowest BCUT2D eigenvalue weighted by molar-refractivity contribution is -0.117. The van der Waals surface area contributed by atoms with Crippen molar-refractivity contribution >= 4 is 35.1 Å². The molecule has 0 saturated carbocycles. The van der Waals surface area contributed by atoms with Gasteiger partial charge in [-0.05, 0) is 37.1 Å². The van der Waals surface area contributed by atoms with Crippen molar-refractivity contribution in [2.75, 3.05) is 10.2 Å². The molecule has 1 aromatic heterocycles. The van der Waals surface area contributed by atoms with Crippen LogP contribution in [-0.4, -0.2) is 27.8 Å². The highest BCUT2D eigenvalue weighted by atomic mass is 35.5. The number of halogens is 1. The highest BCUT2D eigenvalue weighted by Crippen LogP contribution is 2.39. The SMILES string of the molecule is CC(=O)N1c2ccc(C(N)=O)cc2[C@H](Nc2ncc(Cl)cn2)C[C@@H]1C. The van der Waals surface area contributed by atoms with Gasteiger partial charge in [-0.2, -0.15) is 0 Å². The Hall–Kier alpha value is -2.67. The van der Waals surface area contributed by atoms with Gasteiger partial charge in [0.2, 0.25) is 17.8 Å². The van der Waals surface area contributed by atoms with E-state index in [1.165, 1.54) is 19.3 Å². The van der Waals surface area contributed by atoms with Crippen LogP contribution in [-0.2, 0) is 4.79 Å². The van der Waals surface area contributed by atoms with E-state index >= 15 is 0 Å². The van der Waals surface area contributed by atoms with Crippen molar-refractivity contribution in [3.8, 4) is 0 Å². The number of benzene rings is 1. The minimum Gasteiger partial charge on any atom is -0.366 e. The summed E-state index contributed by atoms with van der Waals surface area (Å²) in [4.78, 5) is 33.7. The molecule has 3 N–H and O–H groups in total. The third-order valence-corrected chi connectivity index (χ3v) is 4.42. The van der Waals surface area contributed by atoms with Crippen LogP contribution < -0.4 is 16.0 Å². The van der Waals surface area contributed by atoms with Crippen molar-refractivity contribution < 1.29 is 9.59 Å². The van der Waals surface area contributed by atoms with E-state index in [-0.39, 0.29) is 18.0 Å². The van der Waals surface area contributed by atoms with Crippen LogP contribution in [0, 0.1) is 0 Å². The van der Waals surface area contributed by atoms with Crippen LogP contribution >= 0.6 is 11.6 Å². The fraction of sp³-hybridized carbons (Fsp3) is 0.294. The maximum absolute atomic E-state index is 12.1. The van der Waals surface area contributed by atoms with E-state index in [1.807, 2.05) is 6.92 Å². The fourth-order valence-electron chi connectivity index (χ4n) is 3.18. The van der Waals surface area contributed by atoms with Gasteiger partial charge in [-0.15, -0.1) is 0 Å². The number of anilines is 2. The normalized spacial score (nSPS) is 19.2. The molecular formula is C17H18ClN5O2. The molecule has 0 spiro atoms. The summed E-state index contributed by atoms with van der Waals surface area (Å²) >= 11 is 5.82. The van der Waals surface area contributed by atoms with Gasteiger partial charge in [0.15, 0.2) is 0 Å². The second kappa shape index (κ2) is 6.68. The Labute approximate surface area is 150 Å². The van der Waals surface area contributed by atoms with E-state index in [0.29, 0.717) is 23.0 Å². The van der Waals surface area contributed by atoms with Crippen molar-refractivity contribution in [3.63, 3.8) is 0 Å². The Morgan fingerprint density at radius 1 is 1.32 bits per heavy atom.